The van der Waals surface area contributed by atoms with Gasteiger partial charge >= 0.3 is 0 Å². The van der Waals surface area contributed by atoms with Gasteiger partial charge in [-0.15, -0.1) is 0 Å². The van der Waals surface area contributed by atoms with Crippen LogP contribution in [-0.2, 0) is 6.54 Å². The van der Waals surface area contributed by atoms with Crippen molar-refractivity contribution in [1.29, 1.82) is 0 Å². The smallest absolute Gasteiger partial charge is 0.255 e. The number of pyridine rings is 1. The van der Waals surface area contributed by atoms with Gasteiger partial charge in [0.25, 0.3) is 5.91 Å². The molecule has 0 aliphatic heterocycles. The molecule has 1 aliphatic rings. The first kappa shape index (κ1) is 16.6. The van der Waals surface area contributed by atoms with Gasteiger partial charge in [-0.25, -0.2) is 4.52 Å². The molecule has 2 N–H and O–H groups in total. The summed E-state index contributed by atoms with van der Waals surface area (Å²) in [6.45, 7) is 0.740. The summed E-state index contributed by atoms with van der Waals surface area (Å²) in [5.74, 6) is 0.595. The topological polar surface area (TPSA) is 93.7 Å². The van der Waals surface area contributed by atoms with Gasteiger partial charge in [-0.3, -0.25) is 9.48 Å². The average Bonchev–Trinajstić information content (AvgIpc) is 3.35. The Balaban J connectivity index is 1.46. The number of aliphatic hydroxyl groups is 1. The van der Waals surface area contributed by atoms with Gasteiger partial charge in [0.15, 0.2) is 0 Å². The van der Waals surface area contributed by atoms with Crippen LogP contribution >= 0.6 is 0 Å². The van der Waals surface area contributed by atoms with E-state index in [1.54, 1.807) is 23.9 Å². The highest BCUT2D eigenvalue weighted by Crippen LogP contribution is 2.28. The normalized spacial score (nSPS) is 22.6. The second-order valence-corrected chi connectivity index (χ2v) is 6.64. The fourth-order valence-corrected chi connectivity index (χ4v) is 3.66. The summed E-state index contributed by atoms with van der Waals surface area (Å²) >= 11 is 0. The number of hydrogen-bond acceptors (Lipinski definition) is 5. The molecule has 3 atom stereocenters. The molecule has 136 valence electrons. The van der Waals surface area contributed by atoms with Crippen molar-refractivity contribution in [2.24, 2.45) is 5.92 Å². The van der Waals surface area contributed by atoms with Crippen LogP contribution in [0.5, 0.6) is 5.88 Å². The third-order valence-electron chi connectivity index (χ3n) is 4.91. The lowest BCUT2D eigenvalue weighted by Gasteiger charge is -2.16. The fraction of sp³-hybridized carbons (Fsp3) is 0.389. The molecule has 3 aromatic rings. The maximum Gasteiger partial charge on any atom is 0.255 e. The second-order valence-electron chi connectivity index (χ2n) is 6.64. The molecule has 8 heteroatoms. The summed E-state index contributed by atoms with van der Waals surface area (Å²) in [6, 6.07) is 7.02. The number of hydrogen-bond donors (Lipinski definition) is 2. The van der Waals surface area contributed by atoms with Crippen molar-refractivity contribution in [2.75, 3.05) is 7.11 Å². The van der Waals surface area contributed by atoms with Crippen molar-refractivity contribution in [3.8, 4) is 5.88 Å². The lowest BCUT2D eigenvalue weighted by Crippen LogP contribution is -2.39. The van der Waals surface area contributed by atoms with Crippen LogP contribution in [0.15, 0.2) is 42.9 Å². The van der Waals surface area contributed by atoms with Gasteiger partial charge in [-0.2, -0.15) is 10.2 Å². The first-order chi connectivity index (χ1) is 12.7. The molecule has 26 heavy (non-hydrogen) atoms. The number of aromatic nitrogens is 4. The first-order valence-electron chi connectivity index (χ1n) is 8.63. The Labute approximate surface area is 150 Å². The maximum absolute atomic E-state index is 12.7. The molecular weight excluding hydrogens is 334 g/mol. The molecule has 0 spiro atoms. The third kappa shape index (κ3) is 3.03. The van der Waals surface area contributed by atoms with Crippen molar-refractivity contribution >= 4 is 11.4 Å². The van der Waals surface area contributed by atoms with Gasteiger partial charge in [0.05, 0.1) is 36.5 Å². The SMILES string of the molecule is COc1cccc2c(C(=O)N[C@@H]3CC(Cn4cccn4)C[C@H]3O)cnn12. The lowest BCUT2D eigenvalue weighted by molar-refractivity contribution is 0.0874. The molecule has 0 aromatic carbocycles. The number of carbonyl (C=O) groups excluding carboxylic acids is 1. The van der Waals surface area contributed by atoms with Gasteiger partial charge in [0, 0.05) is 25.0 Å². The minimum absolute atomic E-state index is 0.239. The Morgan fingerprint density at radius 3 is 3.00 bits per heavy atom. The van der Waals surface area contributed by atoms with Gasteiger partial charge in [0.2, 0.25) is 5.88 Å². The highest BCUT2D eigenvalue weighted by molar-refractivity contribution is 6.00. The molecule has 3 heterocycles. The minimum atomic E-state index is -0.559. The Hall–Kier alpha value is -2.87. The van der Waals surface area contributed by atoms with E-state index in [9.17, 15) is 9.90 Å². The number of aliphatic hydroxyl groups excluding tert-OH is 1. The van der Waals surface area contributed by atoms with Crippen LogP contribution in [-0.4, -0.2) is 49.7 Å². The average molecular weight is 355 g/mol. The first-order valence-corrected chi connectivity index (χ1v) is 8.63. The number of carbonyl (C=O) groups is 1. The molecule has 0 saturated heterocycles. The number of amides is 1. The van der Waals surface area contributed by atoms with Crippen LogP contribution in [0, 0.1) is 5.92 Å². The minimum Gasteiger partial charge on any atom is -0.481 e. The van der Waals surface area contributed by atoms with E-state index in [1.165, 1.54) is 6.20 Å². The van der Waals surface area contributed by atoms with Crippen molar-refractivity contribution in [2.45, 2.75) is 31.5 Å². The Morgan fingerprint density at radius 2 is 2.23 bits per heavy atom. The van der Waals surface area contributed by atoms with E-state index >= 15 is 0 Å². The molecule has 8 nitrogen and oxygen atoms in total. The number of nitrogens with one attached hydrogen (secondary N) is 1. The second kappa shape index (κ2) is 6.80. The van der Waals surface area contributed by atoms with Crippen LogP contribution in [0.3, 0.4) is 0 Å². The van der Waals surface area contributed by atoms with Crippen molar-refractivity contribution in [1.82, 2.24) is 24.7 Å². The van der Waals surface area contributed by atoms with Crippen molar-refractivity contribution in [3.63, 3.8) is 0 Å². The number of methoxy groups -OCH3 is 1. The van der Waals surface area contributed by atoms with Crippen molar-refractivity contribution < 1.29 is 14.6 Å². The van der Waals surface area contributed by atoms with Gasteiger partial charge in [-0.1, -0.05) is 6.07 Å². The summed E-state index contributed by atoms with van der Waals surface area (Å²) in [5.41, 5.74) is 1.13. The van der Waals surface area contributed by atoms with Crippen molar-refractivity contribution in [3.05, 3.63) is 48.4 Å². The monoisotopic (exact) mass is 355 g/mol. The van der Waals surface area contributed by atoms with Crippen LogP contribution in [0.25, 0.3) is 5.52 Å². The highest BCUT2D eigenvalue weighted by atomic mass is 16.5. The van der Waals surface area contributed by atoms with Gasteiger partial charge in [-0.05, 0) is 30.9 Å². The van der Waals surface area contributed by atoms with E-state index in [2.05, 4.69) is 15.5 Å². The van der Waals surface area contributed by atoms with E-state index in [-0.39, 0.29) is 17.9 Å². The largest absolute Gasteiger partial charge is 0.481 e. The van der Waals surface area contributed by atoms with Gasteiger partial charge in [0.1, 0.15) is 0 Å². The summed E-state index contributed by atoms with van der Waals surface area (Å²) in [6.07, 6.45) is 5.98. The zero-order chi connectivity index (χ0) is 18.1. The van der Waals surface area contributed by atoms with E-state index in [0.717, 1.165) is 13.0 Å². The van der Waals surface area contributed by atoms with Crippen LogP contribution in [0.1, 0.15) is 23.2 Å². The summed E-state index contributed by atoms with van der Waals surface area (Å²) in [7, 11) is 1.56. The zero-order valence-electron chi connectivity index (χ0n) is 14.4. The Kier molecular flexibility index (Phi) is 4.34. The Bertz CT molecular complexity index is 905. The molecule has 1 amide bonds. The van der Waals surface area contributed by atoms with E-state index in [4.69, 9.17) is 4.74 Å². The predicted molar refractivity (Wildman–Crippen MR) is 94.0 cm³/mol. The highest BCUT2D eigenvalue weighted by Gasteiger charge is 2.34. The van der Waals surface area contributed by atoms with Crippen LogP contribution in [0.4, 0.5) is 0 Å². The van der Waals surface area contributed by atoms with E-state index in [1.807, 2.05) is 29.1 Å². The molecular formula is C18H21N5O3. The zero-order valence-corrected chi connectivity index (χ0v) is 14.4. The van der Waals surface area contributed by atoms with Gasteiger partial charge < -0.3 is 15.2 Å². The van der Waals surface area contributed by atoms with Crippen LogP contribution in [0.2, 0.25) is 0 Å². The molecule has 0 bridgehead atoms. The standard InChI is InChI=1S/C18H21N5O3/c1-26-17-5-2-4-15-13(10-20-23(15)17)18(25)21-14-8-12(9-16(14)24)11-22-7-3-6-19-22/h2-7,10,12,14,16,24H,8-9,11H2,1H3,(H,21,25)/t12?,14-,16-/m1/s1. The maximum atomic E-state index is 12.7. The van der Waals surface area contributed by atoms with E-state index in [0.29, 0.717) is 23.4 Å². The summed E-state index contributed by atoms with van der Waals surface area (Å²) in [5, 5.41) is 21.7. The van der Waals surface area contributed by atoms with E-state index < -0.39 is 6.10 Å². The number of fused-ring (bicyclic) bond motifs is 1. The number of ether oxygens (including phenoxy) is 1. The molecule has 3 aromatic heterocycles. The third-order valence-corrected chi connectivity index (χ3v) is 4.91. The molecule has 1 unspecified atom stereocenters. The molecule has 1 aliphatic carbocycles. The summed E-state index contributed by atoms with van der Waals surface area (Å²) in [4.78, 5) is 12.7. The molecule has 0 radical (unpaired) electrons. The molecule has 4 rings (SSSR count). The quantitative estimate of drug-likeness (QED) is 0.715. The molecule has 1 saturated carbocycles. The number of rotatable bonds is 5. The fourth-order valence-electron chi connectivity index (χ4n) is 3.66. The lowest BCUT2D eigenvalue weighted by atomic mass is 10.1. The molecule has 1 fully saturated rings. The Morgan fingerprint density at radius 1 is 1.35 bits per heavy atom. The predicted octanol–water partition coefficient (Wildman–Crippen LogP) is 1.11. The number of nitrogens with zero attached hydrogens (tertiary/aromatic N) is 4. The van der Waals surface area contributed by atoms with Crippen LogP contribution < -0.4 is 10.1 Å². The summed E-state index contributed by atoms with van der Waals surface area (Å²) < 4.78 is 8.70.